The second kappa shape index (κ2) is 12.5. The topological polar surface area (TPSA) is 19.6 Å². The lowest BCUT2D eigenvalue weighted by atomic mass is 9.43. The molecule has 0 bridgehead atoms. The Balaban J connectivity index is 1.32. The fourth-order valence-electron chi connectivity index (χ4n) is 9.66. The van der Waals surface area contributed by atoms with E-state index in [0.717, 1.165) is 33.3 Å². The Bertz CT molecular complexity index is 3090. The number of anilines is 5. The van der Waals surface area contributed by atoms with Crippen LogP contribution < -0.4 is 20.6 Å². The van der Waals surface area contributed by atoms with E-state index < -0.39 is 0 Å². The van der Waals surface area contributed by atoms with Crippen molar-refractivity contribution < 1.29 is 4.42 Å². The zero-order valence-electron chi connectivity index (χ0n) is 34.0. The van der Waals surface area contributed by atoms with Crippen LogP contribution >= 0.6 is 0 Å². The van der Waals surface area contributed by atoms with Gasteiger partial charge in [-0.1, -0.05) is 157 Å². The number of rotatable bonds is 3. The minimum absolute atomic E-state index is 0.0319. The van der Waals surface area contributed by atoms with Crippen molar-refractivity contribution in [2.75, 3.05) is 9.71 Å². The molecule has 0 saturated carbocycles. The second-order valence-corrected chi connectivity index (χ2v) is 18.2. The number of benzene rings is 8. The molecule has 0 fully saturated rings. The molecule has 4 heteroatoms. The summed E-state index contributed by atoms with van der Waals surface area (Å²) in [5.41, 5.74) is 17.8. The van der Waals surface area contributed by atoms with Gasteiger partial charge < -0.3 is 14.1 Å². The molecule has 0 aliphatic carbocycles. The van der Waals surface area contributed by atoms with Gasteiger partial charge in [-0.05, 0) is 103 Å². The standard InChI is InChI=1S/C54H45BN2O/c1-53(2,3)36-24-27-38(28-25-36)57-45-22-14-12-20-40(45)49-39-19-11-10-18-35(39)32-46-51(49)55(57)43-29-31-48-50(41-21-13-15-23-47(41)58-48)52(43)56(46)44-30-26-37(54(4,5)6)33-42(44)34-16-8-7-9-17-34/h7-33H,1-6H3. The summed E-state index contributed by atoms with van der Waals surface area (Å²) >= 11 is 0. The third kappa shape index (κ3) is 5.14. The lowest BCUT2D eigenvalue weighted by Gasteiger charge is -2.46. The molecule has 1 aromatic heterocycles. The Morgan fingerprint density at radius 1 is 0.500 bits per heavy atom. The molecule has 0 saturated heterocycles. The molecule has 0 amide bonds. The number of fused-ring (bicyclic) bond motifs is 10. The van der Waals surface area contributed by atoms with E-state index in [2.05, 4.69) is 215 Å². The lowest BCUT2D eigenvalue weighted by molar-refractivity contribution is 0.590. The molecule has 2 aliphatic heterocycles. The first-order valence-electron chi connectivity index (χ1n) is 20.6. The van der Waals surface area contributed by atoms with Gasteiger partial charge in [-0.2, -0.15) is 0 Å². The van der Waals surface area contributed by atoms with Crippen LogP contribution in [0.4, 0.5) is 28.4 Å². The summed E-state index contributed by atoms with van der Waals surface area (Å²) < 4.78 is 6.72. The number of hydrogen-bond acceptors (Lipinski definition) is 3. The van der Waals surface area contributed by atoms with Crippen molar-refractivity contribution in [2.45, 2.75) is 52.4 Å². The van der Waals surface area contributed by atoms with Crippen molar-refractivity contribution in [3.8, 4) is 22.3 Å². The summed E-state index contributed by atoms with van der Waals surface area (Å²) in [4.78, 5) is 5.19. The molecule has 9 aromatic rings. The molecule has 58 heavy (non-hydrogen) atoms. The minimum Gasteiger partial charge on any atom is -0.456 e. The highest BCUT2D eigenvalue weighted by atomic mass is 16.3. The van der Waals surface area contributed by atoms with Crippen LogP contribution in [0.3, 0.4) is 0 Å². The van der Waals surface area contributed by atoms with Crippen LogP contribution in [0.2, 0.25) is 0 Å². The van der Waals surface area contributed by atoms with Crippen LogP contribution in [0.5, 0.6) is 0 Å². The SMILES string of the molecule is CC(C)(C)c1ccc(N2B3c4ccc5oc6ccccc6c5c4N(c4ccc(C(C)(C)C)cc4-c4ccccc4)c4cc5ccccc5c(c43)-c3ccccc32)cc1. The van der Waals surface area contributed by atoms with E-state index in [1.807, 2.05) is 0 Å². The van der Waals surface area contributed by atoms with Gasteiger partial charge in [0.2, 0.25) is 0 Å². The maximum atomic E-state index is 6.72. The second-order valence-electron chi connectivity index (χ2n) is 18.2. The summed E-state index contributed by atoms with van der Waals surface area (Å²) in [5, 5.41) is 4.74. The highest BCUT2D eigenvalue weighted by Crippen LogP contribution is 2.53. The first-order chi connectivity index (χ1) is 28.1. The van der Waals surface area contributed by atoms with E-state index in [0.29, 0.717) is 0 Å². The third-order valence-electron chi connectivity index (χ3n) is 12.5. The maximum Gasteiger partial charge on any atom is 0.333 e. The van der Waals surface area contributed by atoms with Crippen LogP contribution in [-0.2, 0) is 10.8 Å². The average Bonchev–Trinajstić information content (AvgIpc) is 3.62. The Morgan fingerprint density at radius 2 is 1.17 bits per heavy atom. The minimum atomic E-state index is -0.122. The highest BCUT2D eigenvalue weighted by molar-refractivity contribution is 6.94. The molecule has 0 unspecified atom stereocenters. The first-order valence-corrected chi connectivity index (χ1v) is 20.6. The van der Waals surface area contributed by atoms with E-state index >= 15 is 0 Å². The summed E-state index contributed by atoms with van der Waals surface area (Å²) in [7, 11) is 0. The smallest absolute Gasteiger partial charge is 0.333 e. The fourth-order valence-corrected chi connectivity index (χ4v) is 9.66. The molecule has 2 aliphatic rings. The molecule has 0 N–H and O–H groups in total. The van der Waals surface area contributed by atoms with Crippen molar-refractivity contribution in [3.63, 3.8) is 0 Å². The monoisotopic (exact) mass is 748 g/mol. The Morgan fingerprint density at radius 3 is 1.95 bits per heavy atom. The molecule has 0 spiro atoms. The number of nitrogens with zero attached hydrogens (tertiary/aromatic N) is 2. The van der Waals surface area contributed by atoms with E-state index in [4.69, 9.17) is 4.42 Å². The van der Waals surface area contributed by atoms with Gasteiger partial charge >= 0.3 is 6.85 Å². The van der Waals surface area contributed by atoms with Crippen molar-refractivity contribution in [1.29, 1.82) is 0 Å². The number of furan rings is 1. The van der Waals surface area contributed by atoms with Gasteiger partial charge in [0.1, 0.15) is 11.2 Å². The Labute approximate surface area is 341 Å². The average molecular weight is 749 g/mol. The number of para-hydroxylation sites is 2. The van der Waals surface area contributed by atoms with Crippen molar-refractivity contribution in [3.05, 3.63) is 175 Å². The predicted molar refractivity (Wildman–Crippen MR) is 248 cm³/mol. The van der Waals surface area contributed by atoms with E-state index in [1.54, 1.807) is 0 Å². The van der Waals surface area contributed by atoms with Crippen molar-refractivity contribution in [2.24, 2.45) is 0 Å². The van der Waals surface area contributed by atoms with E-state index in [-0.39, 0.29) is 17.7 Å². The van der Waals surface area contributed by atoms with Crippen LogP contribution in [0.25, 0.3) is 55.0 Å². The van der Waals surface area contributed by atoms with Gasteiger partial charge in [0.15, 0.2) is 0 Å². The summed E-state index contributed by atoms with van der Waals surface area (Å²) in [6.07, 6.45) is 0. The molecule has 0 atom stereocenters. The van der Waals surface area contributed by atoms with Crippen LogP contribution in [0, 0.1) is 0 Å². The fraction of sp³-hybridized carbons (Fsp3) is 0.148. The molecule has 3 nitrogen and oxygen atoms in total. The van der Waals surface area contributed by atoms with Gasteiger partial charge in [0, 0.05) is 33.6 Å². The van der Waals surface area contributed by atoms with Crippen LogP contribution in [0.15, 0.2) is 168 Å². The molecular weight excluding hydrogens is 703 g/mol. The quantitative estimate of drug-likeness (QED) is 0.168. The summed E-state index contributed by atoms with van der Waals surface area (Å²) in [6, 6.07) is 60.9. The Hall–Kier alpha value is -6.52. The van der Waals surface area contributed by atoms with Gasteiger partial charge in [0.25, 0.3) is 0 Å². The number of hydrogen-bond donors (Lipinski definition) is 0. The lowest BCUT2D eigenvalue weighted by Crippen LogP contribution is -2.61. The highest BCUT2D eigenvalue weighted by Gasteiger charge is 2.47. The summed E-state index contributed by atoms with van der Waals surface area (Å²) in [5.74, 6) is 0. The van der Waals surface area contributed by atoms with E-state index in [1.165, 1.54) is 72.1 Å². The van der Waals surface area contributed by atoms with E-state index in [9.17, 15) is 0 Å². The normalized spacial score (nSPS) is 13.6. The van der Waals surface area contributed by atoms with Gasteiger partial charge in [0.05, 0.1) is 16.8 Å². The molecule has 280 valence electrons. The Kier molecular flexibility index (Phi) is 7.48. The summed E-state index contributed by atoms with van der Waals surface area (Å²) in [6.45, 7) is 13.7. The molecule has 0 radical (unpaired) electrons. The van der Waals surface area contributed by atoms with Gasteiger partial charge in [-0.3, -0.25) is 0 Å². The van der Waals surface area contributed by atoms with Crippen molar-refractivity contribution >= 4 is 78.9 Å². The molecule has 11 rings (SSSR count). The maximum absolute atomic E-state index is 6.72. The molecule has 8 aromatic carbocycles. The third-order valence-corrected chi connectivity index (χ3v) is 12.5. The first kappa shape index (κ1) is 34.7. The molecular formula is C54H45BN2O. The van der Waals surface area contributed by atoms with Crippen molar-refractivity contribution in [1.82, 2.24) is 0 Å². The molecule has 3 heterocycles. The largest absolute Gasteiger partial charge is 0.456 e. The van der Waals surface area contributed by atoms with Crippen LogP contribution in [0.1, 0.15) is 52.7 Å². The van der Waals surface area contributed by atoms with Gasteiger partial charge in [-0.15, -0.1) is 0 Å². The zero-order valence-corrected chi connectivity index (χ0v) is 34.0. The van der Waals surface area contributed by atoms with Gasteiger partial charge in [-0.25, -0.2) is 0 Å². The predicted octanol–water partition coefficient (Wildman–Crippen LogP) is 13.7. The zero-order chi connectivity index (χ0) is 39.5. The van der Waals surface area contributed by atoms with Crippen LogP contribution in [-0.4, -0.2) is 6.85 Å².